The minimum atomic E-state index is -2.85. The molecule has 6 heteroatoms. The zero-order valence-corrected chi connectivity index (χ0v) is 9.03. The summed E-state index contributed by atoms with van der Waals surface area (Å²) in [7, 11) is 0. The summed E-state index contributed by atoms with van der Waals surface area (Å²) in [5.74, 6) is -2.14. The van der Waals surface area contributed by atoms with E-state index in [0.29, 0.717) is 0 Å². The van der Waals surface area contributed by atoms with Gasteiger partial charge in [0.05, 0.1) is 4.90 Å². The topological polar surface area (TPSA) is 40.1 Å². The molecule has 1 atom stereocenters. The van der Waals surface area contributed by atoms with Crippen LogP contribution in [-0.2, 0) is 11.1 Å². The van der Waals surface area contributed by atoms with Gasteiger partial charge in [0.25, 0.3) is 0 Å². The van der Waals surface area contributed by atoms with Crippen molar-refractivity contribution >= 4 is 11.1 Å². The van der Waals surface area contributed by atoms with E-state index >= 15 is 0 Å². The van der Waals surface area contributed by atoms with Crippen molar-refractivity contribution < 1.29 is 47.1 Å². The zero-order chi connectivity index (χ0) is 8.43. The molecule has 0 amide bonds. The van der Waals surface area contributed by atoms with E-state index in [0.717, 1.165) is 18.2 Å². The summed E-state index contributed by atoms with van der Waals surface area (Å²) in [6.45, 7) is 0. The molecule has 12 heavy (non-hydrogen) atoms. The van der Waals surface area contributed by atoms with E-state index in [1.165, 1.54) is 0 Å². The van der Waals surface area contributed by atoms with Crippen molar-refractivity contribution in [3.05, 3.63) is 29.8 Å². The number of halogens is 2. The van der Waals surface area contributed by atoms with Crippen LogP contribution in [0.5, 0.6) is 0 Å². The van der Waals surface area contributed by atoms with Crippen molar-refractivity contribution in [2.75, 3.05) is 0 Å². The van der Waals surface area contributed by atoms with E-state index in [4.69, 9.17) is 0 Å². The summed E-state index contributed by atoms with van der Waals surface area (Å²) in [4.78, 5) is -0.910. The molecule has 0 bridgehead atoms. The van der Waals surface area contributed by atoms with Gasteiger partial charge in [0.2, 0.25) is 0 Å². The maximum Gasteiger partial charge on any atom is 1.00 e. The zero-order valence-electron chi connectivity index (χ0n) is 6.21. The van der Waals surface area contributed by atoms with Crippen molar-refractivity contribution in [3.63, 3.8) is 0 Å². The number of hydrogen-bond acceptors (Lipinski definition) is 2. The summed E-state index contributed by atoms with van der Waals surface area (Å²) in [5, 5.41) is 0. The van der Waals surface area contributed by atoms with Gasteiger partial charge in [-0.3, -0.25) is 4.21 Å². The van der Waals surface area contributed by atoms with Crippen molar-refractivity contribution in [1.82, 2.24) is 0 Å². The molecule has 0 heterocycles. The Morgan fingerprint density at radius 2 is 1.67 bits per heavy atom. The monoisotopic (exact) mass is 200 g/mol. The van der Waals surface area contributed by atoms with Gasteiger partial charge in [-0.25, -0.2) is 8.78 Å². The van der Waals surface area contributed by atoms with Crippen molar-refractivity contribution in [2.24, 2.45) is 0 Å². The standard InChI is InChI=1S/C6H4F2O2S.Na/c7-4-2-1-3-5(8)6(4)11(9)10;/h1-3H,(H,9,10);/q;+1/p-1. The Kier molecular flexibility index (Phi) is 5.12. The third-order valence-electron chi connectivity index (χ3n) is 1.09. The molecule has 60 valence electrons. The largest absolute Gasteiger partial charge is 1.00 e. The maximum atomic E-state index is 12.5. The molecule has 0 aliphatic carbocycles. The summed E-state index contributed by atoms with van der Waals surface area (Å²) in [6.07, 6.45) is 0. The van der Waals surface area contributed by atoms with Crippen LogP contribution in [0.2, 0.25) is 0 Å². The fourth-order valence-electron chi connectivity index (χ4n) is 0.642. The van der Waals surface area contributed by atoms with Crippen LogP contribution in [0.3, 0.4) is 0 Å². The molecule has 0 N–H and O–H groups in total. The average Bonchev–Trinajstić information content (AvgIpc) is 1.85. The molecule has 2 nitrogen and oxygen atoms in total. The smallest absolute Gasteiger partial charge is 0.768 e. The first kappa shape index (κ1) is 12.2. The number of rotatable bonds is 1. The maximum absolute atomic E-state index is 12.5. The molecular formula is C6H3F2NaO2S. The van der Waals surface area contributed by atoms with Gasteiger partial charge in [-0.15, -0.1) is 0 Å². The first-order valence-corrected chi connectivity index (χ1v) is 3.73. The van der Waals surface area contributed by atoms with Gasteiger partial charge in [-0.1, -0.05) is 6.07 Å². The van der Waals surface area contributed by atoms with Crippen molar-refractivity contribution in [2.45, 2.75) is 4.90 Å². The Morgan fingerprint density at radius 3 is 1.92 bits per heavy atom. The third kappa shape index (κ3) is 2.60. The number of hydrogen-bond donors (Lipinski definition) is 0. The van der Waals surface area contributed by atoms with Crippen LogP contribution in [0, 0.1) is 11.6 Å². The van der Waals surface area contributed by atoms with Crippen LogP contribution in [-0.4, -0.2) is 8.76 Å². The van der Waals surface area contributed by atoms with Crippen LogP contribution < -0.4 is 29.6 Å². The summed E-state index contributed by atoms with van der Waals surface area (Å²) < 4.78 is 45.3. The molecule has 0 saturated heterocycles. The van der Waals surface area contributed by atoms with Gasteiger partial charge in [0.15, 0.2) is 0 Å². The molecule has 0 aromatic heterocycles. The Balaban J connectivity index is 0.00000121. The molecule has 0 aliphatic heterocycles. The molecule has 0 saturated carbocycles. The van der Waals surface area contributed by atoms with Gasteiger partial charge >= 0.3 is 29.6 Å². The second-order valence-corrected chi connectivity index (χ2v) is 2.66. The molecule has 0 radical (unpaired) electrons. The summed E-state index contributed by atoms with van der Waals surface area (Å²) in [6, 6.07) is 2.86. The second-order valence-electron chi connectivity index (χ2n) is 1.79. The predicted molar refractivity (Wildman–Crippen MR) is 33.5 cm³/mol. The Hall–Kier alpha value is 0.190. The molecule has 0 fully saturated rings. The number of benzene rings is 1. The van der Waals surface area contributed by atoms with E-state index in [1.54, 1.807) is 0 Å². The average molecular weight is 200 g/mol. The fourth-order valence-corrected chi connectivity index (χ4v) is 1.10. The van der Waals surface area contributed by atoms with Gasteiger partial charge in [0, 0.05) is 0 Å². The van der Waals surface area contributed by atoms with Gasteiger partial charge in [-0.05, 0) is 23.2 Å². The minimum Gasteiger partial charge on any atom is -0.768 e. The van der Waals surface area contributed by atoms with Crippen molar-refractivity contribution in [3.8, 4) is 0 Å². The minimum absolute atomic E-state index is 0. The predicted octanol–water partition coefficient (Wildman–Crippen LogP) is -1.79. The first-order valence-electron chi connectivity index (χ1n) is 2.66. The second kappa shape index (κ2) is 5.04. The summed E-state index contributed by atoms with van der Waals surface area (Å²) >= 11 is -2.85. The van der Waals surface area contributed by atoms with Crippen LogP contribution in [0.1, 0.15) is 0 Å². The van der Waals surface area contributed by atoms with E-state index in [9.17, 15) is 17.5 Å². The third-order valence-corrected chi connectivity index (χ3v) is 1.81. The first-order chi connectivity index (χ1) is 5.13. The molecule has 1 rings (SSSR count). The Bertz CT molecular complexity index is 285. The van der Waals surface area contributed by atoms with Crippen LogP contribution in [0.25, 0.3) is 0 Å². The molecule has 1 unspecified atom stereocenters. The van der Waals surface area contributed by atoms with Gasteiger partial charge in [0.1, 0.15) is 11.6 Å². The Labute approximate surface area is 92.6 Å². The van der Waals surface area contributed by atoms with Crippen LogP contribution >= 0.6 is 0 Å². The molecule has 1 aromatic carbocycles. The van der Waals surface area contributed by atoms with Gasteiger partial charge in [-0.2, -0.15) is 0 Å². The summed E-state index contributed by atoms with van der Waals surface area (Å²) in [5.41, 5.74) is 0. The molecule has 1 aromatic rings. The fraction of sp³-hybridized carbons (Fsp3) is 0. The van der Waals surface area contributed by atoms with Gasteiger partial charge < -0.3 is 4.55 Å². The Morgan fingerprint density at radius 1 is 1.25 bits per heavy atom. The van der Waals surface area contributed by atoms with E-state index in [-0.39, 0.29) is 29.6 Å². The molecule has 0 spiro atoms. The van der Waals surface area contributed by atoms with E-state index in [2.05, 4.69) is 0 Å². The normalized spacial score (nSPS) is 11.9. The molecule has 0 aliphatic rings. The van der Waals surface area contributed by atoms with Crippen molar-refractivity contribution in [1.29, 1.82) is 0 Å². The molecular weight excluding hydrogens is 197 g/mol. The SMILES string of the molecule is O=S([O-])c1c(F)cccc1F.[Na+]. The van der Waals surface area contributed by atoms with Crippen LogP contribution in [0.15, 0.2) is 23.1 Å². The van der Waals surface area contributed by atoms with Crippen LogP contribution in [0.4, 0.5) is 8.78 Å². The quantitative estimate of drug-likeness (QED) is 0.396. The van der Waals surface area contributed by atoms with E-state index in [1.807, 2.05) is 0 Å². The van der Waals surface area contributed by atoms with E-state index < -0.39 is 27.6 Å².